The molecule has 0 bridgehead atoms. The van der Waals surface area contributed by atoms with Crippen molar-refractivity contribution >= 4 is 5.69 Å². The molecule has 2 aliphatic heterocycles. The Morgan fingerprint density at radius 3 is 2.60 bits per heavy atom. The van der Waals surface area contributed by atoms with E-state index in [1.165, 1.54) is 10.9 Å². The summed E-state index contributed by atoms with van der Waals surface area (Å²) in [6.07, 6.45) is 1.82. The second-order valence-electron chi connectivity index (χ2n) is 5.36. The lowest BCUT2D eigenvalue weighted by Gasteiger charge is -2.44. The van der Waals surface area contributed by atoms with E-state index in [0.717, 1.165) is 0 Å². The zero-order valence-electron chi connectivity index (χ0n) is 10.9. The number of rotatable bonds is 2. The van der Waals surface area contributed by atoms with Crippen LogP contribution in [-0.4, -0.2) is 52.9 Å². The minimum atomic E-state index is -2.79. The summed E-state index contributed by atoms with van der Waals surface area (Å²) in [5.41, 5.74) is 6.77. The Balaban J connectivity index is 0.00000147. The highest BCUT2D eigenvalue weighted by molar-refractivity contribution is 5.40. The molecule has 5 nitrogen and oxygen atoms in total. The van der Waals surface area contributed by atoms with Crippen molar-refractivity contribution in [3.05, 3.63) is 11.9 Å². The Kier molecular flexibility index (Phi) is 4.02. The Morgan fingerprint density at radius 2 is 2.15 bits per heavy atom. The number of nitrogens with two attached hydrogens (primary N) is 1. The molecule has 1 unspecified atom stereocenters. The first kappa shape index (κ1) is 15.2. The number of anilines is 1. The molecule has 3 rings (SSSR count). The van der Waals surface area contributed by atoms with Gasteiger partial charge in [0.2, 0.25) is 0 Å². The van der Waals surface area contributed by atoms with Gasteiger partial charge in [-0.25, -0.2) is 8.78 Å². The van der Waals surface area contributed by atoms with Crippen molar-refractivity contribution in [3.63, 3.8) is 0 Å². The van der Waals surface area contributed by atoms with Crippen LogP contribution in [-0.2, 0) is 4.74 Å². The van der Waals surface area contributed by atoms with E-state index in [9.17, 15) is 8.78 Å². The highest BCUT2D eigenvalue weighted by Gasteiger charge is 2.48. The second-order valence-corrected chi connectivity index (χ2v) is 5.36. The summed E-state index contributed by atoms with van der Waals surface area (Å²) >= 11 is 0. The Morgan fingerprint density at radius 1 is 1.45 bits per heavy atom. The lowest BCUT2D eigenvalue weighted by Crippen LogP contribution is -2.58. The van der Waals surface area contributed by atoms with Crippen molar-refractivity contribution in [1.29, 1.82) is 0 Å². The topological polar surface area (TPSA) is 56.3 Å². The van der Waals surface area contributed by atoms with Gasteiger partial charge in [-0.15, -0.1) is 0 Å². The highest BCUT2D eigenvalue weighted by atomic mass is 19.3. The SMILES string of the molecule is C.Cc1c(N)cnn1C1CCN(C2COC2)CC1(F)F. The van der Waals surface area contributed by atoms with Crippen LogP contribution in [0.15, 0.2) is 6.20 Å². The van der Waals surface area contributed by atoms with Crippen LogP contribution < -0.4 is 5.73 Å². The highest BCUT2D eigenvalue weighted by Crippen LogP contribution is 2.38. The average Bonchev–Trinajstić information content (AvgIpc) is 2.57. The molecule has 2 aliphatic rings. The molecule has 1 aromatic rings. The zero-order chi connectivity index (χ0) is 13.6. The third-order valence-electron chi connectivity index (χ3n) is 4.11. The standard InChI is InChI=1S/C12H18F2N4O.CH4/c1-8-10(15)4-16-18(8)11-2-3-17(7-12(11,13)14)9-5-19-6-9;/h4,9,11H,2-3,5-7,15H2,1H3;1H4. The first-order valence-corrected chi connectivity index (χ1v) is 6.48. The maximum Gasteiger partial charge on any atom is 0.282 e. The van der Waals surface area contributed by atoms with Crippen molar-refractivity contribution < 1.29 is 13.5 Å². The molecule has 2 saturated heterocycles. The number of hydrogen-bond acceptors (Lipinski definition) is 4. The van der Waals surface area contributed by atoms with E-state index in [0.29, 0.717) is 37.6 Å². The fourth-order valence-corrected chi connectivity index (χ4v) is 2.75. The molecule has 114 valence electrons. The number of piperidine rings is 1. The third-order valence-corrected chi connectivity index (χ3v) is 4.11. The Hall–Kier alpha value is -1.21. The summed E-state index contributed by atoms with van der Waals surface area (Å²) in [4.78, 5) is 1.82. The van der Waals surface area contributed by atoms with Gasteiger partial charge in [-0.3, -0.25) is 9.58 Å². The molecular formula is C13H22F2N4O. The summed E-state index contributed by atoms with van der Waals surface area (Å²) < 4.78 is 35.1. The molecule has 2 N–H and O–H groups in total. The fourth-order valence-electron chi connectivity index (χ4n) is 2.75. The van der Waals surface area contributed by atoms with E-state index < -0.39 is 12.0 Å². The van der Waals surface area contributed by atoms with Gasteiger partial charge in [-0.05, 0) is 13.3 Å². The molecular weight excluding hydrogens is 266 g/mol. The van der Waals surface area contributed by atoms with Crippen molar-refractivity contribution in [3.8, 4) is 0 Å². The molecule has 1 atom stereocenters. The number of likely N-dealkylation sites (tertiary alicyclic amines) is 1. The van der Waals surface area contributed by atoms with Crippen LogP contribution in [0.5, 0.6) is 0 Å². The summed E-state index contributed by atoms with van der Waals surface area (Å²) in [7, 11) is 0. The van der Waals surface area contributed by atoms with Gasteiger partial charge in [0.25, 0.3) is 5.92 Å². The molecule has 7 heteroatoms. The summed E-state index contributed by atoms with van der Waals surface area (Å²) in [6.45, 7) is 3.27. The maximum absolute atomic E-state index is 14.3. The van der Waals surface area contributed by atoms with Crippen molar-refractivity contribution in [1.82, 2.24) is 14.7 Å². The molecule has 0 spiro atoms. The van der Waals surface area contributed by atoms with Crippen molar-refractivity contribution in [2.45, 2.75) is 38.8 Å². The predicted molar refractivity (Wildman–Crippen MR) is 72.9 cm³/mol. The molecule has 3 heterocycles. The number of nitrogen functional groups attached to an aromatic ring is 1. The van der Waals surface area contributed by atoms with Gasteiger partial charge in [-0.2, -0.15) is 5.10 Å². The lowest BCUT2D eigenvalue weighted by atomic mass is 9.98. The Bertz CT molecular complexity index is 473. The molecule has 0 saturated carbocycles. The van der Waals surface area contributed by atoms with Crippen molar-refractivity contribution in [2.24, 2.45) is 0 Å². The van der Waals surface area contributed by atoms with Crippen LogP contribution in [0.1, 0.15) is 25.6 Å². The molecule has 0 radical (unpaired) electrons. The van der Waals surface area contributed by atoms with Crippen molar-refractivity contribution in [2.75, 3.05) is 32.0 Å². The van der Waals surface area contributed by atoms with Gasteiger partial charge >= 0.3 is 0 Å². The van der Waals surface area contributed by atoms with Gasteiger partial charge in [0.05, 0.1) is 43.4 Å². The number of ether oxygens (including phenoxy) is 1. The number of hydrogen-bond donors (Lipinski definition) is 1. The largest absolute Gasteiger partial charge is 0.396 e. The van der Waals surface area contributed by atoms with Gasteiger partial charge in [0.15, 0.2) is 0 Å². The molecule has 0 amide bonds. The molecule has 2 fully saturated rings. The fraction of sp³-hybridized carbons (Fsp3) is 0.769. The van der Waals surface area contributed by atoms with Gasteiger partial charge in [-0.1, -0.05) is 7.43 Å². The zero-order valence-corrected chi connectivity index (χ0v) is 10.9. The quantitative estimate of drug-likeness (QED) is 0.900. The first-order valence-electron chi connectivity index (χ1n) is 6.48. The van der Waals surface area contributed by atoms with E-state index in [2.05, 4.69) is 5.10 Å². The lowest BCUT2D eigenvalue weighted by molar-refractivity contribution is -0.150. The van der Waals surface area contributed by atoms with E-state index in [1.807, 2.05) is 4.90 Å². The van der Waals surface area contributed by atoms with Crippen LogP contribution in [0, 0.1) is 6.92 Å². The number of nitrogens with zero attached hydrogens (tertiary/aromatic N) is 3. The predicted octanol–water partition coefficient (Wildman–Crippen LogP) is 1.69. The van der Waals surface area contributed by atoms with Crippen LogP contribution in [0.3, 0.4) is 0 Å². The normalized spacial score (nSPS) is 26.9. The van der Waals surface area contributed by atoms with E-state index >= 15 is 0 Å². The number of halogens is 2. The van der Waals surface area contributed by atoms with E-state index in [4.69, 9.17) is 10.5 Å². The van der Waals surface area contributed by atoms with Gasteiger partial charge in [0, 0.05) is 6.54 Å². The van der Waals surface area contributed by atoms with Crippen LogP contribution in [0.2, 0.25) is 0 Å². The van der Waals surface area contributed by atoms with Gasteiger partial charge in [0.1, 0.15) is 6.04 Å². The summed E-state index contributed by atoms with van der Waals surface area (Å²) in [5.74, 6) is -2.79. The Labute approximate surface area is 117 Å². The minimum absolute atomic E-state index is 0. The number of alkyl halides is 2. The molecule has 20 heavy (non-hydrogen) atoms. The number of aromatic nitrogens is 2. The van der Waals surface area contributed by atoms with Crippen LogP contribution in [0.25, 0.3) is 0 Å². The van der Waals surface area contributed by atoms with E-state index in [-0.39, 0.29) is 20.0 Å². The molecule has 0 aliphatic carbocycles. The average molecular weight is 288 g/mol. The van der Waals surface area contributed by atoms with Crippen LogP contribution in [0.4, 0.5) is 14.5 Å². The monoisotopic (exact) mass is 288 g/mol. The summed E-state index contributed by atoms with van der Waals surface area (Å²) in [6, 6.07) is -0.752. The third kappa shape index (κ3) is 2.40. The summed E-state index contributed by atoms with van der Waals surface area (Å²) in [5, 5.41) is 4.01. The van der Waals surface area contributed by atoms with Crippen LogP contribution >= 0.6 is 0 Å². The first-order chi connectivity index (χ1) is 8.99. The second kappa shape index (κ2) is 5.29. The smallest absolute Gasteiger partial charge is 0.282 e. The molecule has 0 aromatic carbocycles. The molecule has 1 aromatic heterocycles. The maximum atomic E-state index is 14.3. The van der Waals surface area contributed by atoms with Gasteiger partial charge < -0.3 is 10.5 Å². The van der Waals surface area contributed by atoms with E-state index in [1.54, 1.807) is 6.92 Å². The minimum Gasteiger partial charge on any atom is -0.396 e.